The second-order valence-electron chi connectivity index (χ2n) is 4.04. The van der Waals surface area contributed by atoms with Gasteiger partial charge in [-0.2, -0.15) is 0 Å². The van der Waals surface area contributed by atoms with E-state index in [4.69, 9.17) is 0 Å². The fraction of sp³-hybridized carbons (Fsp3) is 0.385. The number of aliphatic hydroxyl groups is 1. The van der Waals surface area contributed by atoms with Crippen molar-refractivity contribution < 1.29 is 5.11 Å². The van der Waals surface area contributed by atoms with E-state index in [1.54, 1.807) is 6.92 Å². The average Bonchev–Trinajstić information content (AvgIpc) is 2.27. The summed E-state index contributed by atoms with van der Waals surface area (Å²) >= 11 is 0. The molecule has 2 rings (SSSR count). The molecule has 0 spiro atoms. The number of hydrogen-bond donors (Lipinski definition) is 2. The molecule has 0 radical (unpaired) electrons. The van der Waals surface area contributed by atoms with Crippen molar-refractivity contribution in [1.82, 2.24) is 0 Å². The molecule has 0 bridgehead atoms. The van der Waals surface area contributed by atoms with E-state index < -0.39 is 0 Å². The summed E-state index contributed by atoms with van der Waals surface area (Å²) in [4.78, 5) is 0. The quantitative estimate of drug-likeness (QED) is 0.773. The Morgan fingerprint density at radius 1 is 1.47 bits per heavy atom. The maximum absolute atomic E-state index is 9.52. The van der Waals surface area contributed by atoms with Crippen molar-refractivity contribution in [3.8, 4) is 0 Å². The highest BCUT2D eigenvalue weighted by atomic mass is 16.3. The van der Waals surface area contributed by atoms with Crippen LogP contribution in [0.2, 0.25) is 0 Å². The minimum absolute atomic E-state index is 0.0320. The van der Waals surface area contributed by atoms with Gasteiger partial charge in [-0.3, -0.25) is 0 Å². The van der Waals surface area contributed by atoms with Crippen LogP contribution in [0.4, 0.5) is 5.69 Å². The van der Waals surface area contributed by atoms with Gasteiger partial charge in [0.1, 0.15) is 0 Å². The van der Waals surface area contributed by atoms with Crippen molar-refractivity contribution in [3.05, 3.63) is 35.4 Å². The summed E-state index contributed by atoms with van der Waals surface area (Å²) in [6.07, 6.45) is 4.76. The third-order valence-corrected chi connectivity index (χ3v) is 2.85. The highest BCUT2D eigenvalue weighted by molar-refractivity contribution is 5.71. The number of hydrogen-bond acceptors (Lipinski definition) is 2. The van der Waals surface area contributed by atoms with Crippen LogP contribution in [0.15, 0.2) is 24.3 Å². The lowest BCUT2D eigenvalue weighted by molar-refractivity contribution is 0.187. The molecular weight excluding hydrogens is 186 g/mol. The van der Waals surface area contributed by atoms with Crippen molar-refractivity contribution in [3.63, 3.8) is 0 Å². The first kappa shape index (κ1) is 10.2. The van der Waals surface area contributed by atoms with Gasteiger partial charge in [0.15, 0.2) is 0 Å². The Bertz CT molecular complexity index is 382. The molecule has 15 heavy (non-hydrogen) atoms. The lowest BCUT2D eigenvalue weighted by Gasteiger charge is -2.24. The van der Waals surface area contributed by atoms with Crippen molar-refractivity contribution in [2.75, 3.05) is 5.32 Å². The van der Waals surface area contributed by atoms with Gasteiger partial charge in [0, 0.05) is 5.69 Å². The Balaban J connectivity index is 2.30. The number of fused-ring (bicyclic) bond motifs is 1. The van der Waals surface area contributed by atoms with Crippen LogP contribution < -0.4 is 5.32 Å². The normalized spacial score (nSPS) is 20.6. The maximum atomic E-state index is 9.52. The maximum Gasteiger partial charge on any atom is 0.0749 e. The summed E-state index contributed by atoms with van der Waals surface area (Å²) in [5, 5.41) is 12.8. The minimum Gasteiger partial charge on any atom is -0.391 e. The fourth-order valence-corrected chi connectivity index (χ4v) is 1.81. The Morgan fingerprint density at radius 3 is 2.93 bits per heavy atom. The smallest absolute Gasteiger partial charge is 0.0749 e. The zero-order chi connectivity index (χ0) is 10.8. The summed E-state index contributed by atoms with van der Waals surface area (Å²) < 4.78 is 0. The van der Waals surface area contributed by atoms with Crippen LogP contribution in [0.25, 0.3) is 6.08 Å². The van der Waals surface area contributed by atoms with Gasteiger partial charge < -0.3 is 10.4 Å². The van der Waals surface area contributed by atoms with Gasteiger partial charge in [-0.05, 0) is 30.5 Å². The first-order chi connectivity index (χ1) is 7.20. The molecule has 0 fully saturated rings. The lowest BCUT2D eigenvalue weighted by Crippen LogP contribution is -2.31. The third kappa shape index (κ3) is 2.05. The van der Waals surface area contributed by atoms with Crippen LogP contribution in [0, 0.1) is 0 Å². The van der Waals surface area contributed by atoms with Crippen molar-refractivity contribution in [2.24, 2.45) is 0 Å². The Labute approximate surface area is 90.6 Å². The van der Waals surface area contributed by atoms with Crippen LogP contribution in [0.3, 0.4) is 0 Å². The molecule has 2 atom stereocenters. The summed E-state index contributed by atoms with van der Waals surface area (Å²) in [5.74, 6) is 0. The predicted molar refractivity (Wildman–Crippen MR) is 63.9 cm³/mol. The summed E-state index contributed by atoms with van der Waals surface area (Å²) in [5.41, 5.74) is 3.65. The monoisotopic (exact) mass is 203 g/mol. The molecule has 1 aromatic carbocycles. The summed E-state index contributed by atoms with van der Waals surface area (Å²) in [6.45, 7) is 3.95. The van der Waals surface area contributed by atoms with Crippen LogP contribution in [0.5, 0.6) is 0 Å². The molecule has 1 heterocycles. The number of aryl methyl sites for hydroxylation is 1. The predicted octanol–water partition coefficient (Wildman–Crippen LogP) is 2.44. The standard InChI is InChI=1S/C13H17NO/c1-3-10-4-5-11-6-7-12(9(2)15)14-13(11)8-10/h4-9,12,14-15H,3H2,1-2H3/t9-,12?/m1/s1. The van der Waals surface area contributed by atoms with Crippen molar-refractivity contribution in [1.29, 1.82) is 0 Å². The van der Waals surface area contributed by atoms with E-state index in [-0.39, 0.29) is 12.1 Å². The topological polar surface area (TPSA) is 32.3 Å². The van der Waals surface area contributed by atoms with Gasteiger partial charge in [0.25, 0.3) is 0 Å². The van der Waals surface area contributed by atoms with Crippen molar-refractivity contribution >= 4 is 11.8 Å². The van der Waals surface area contributed by atoms with Gasteiger partial charge in [0.2, 0.25) is 0 Å². The zero-order valence-electron chi connectivity index (χ0n) is 9.20. The molecule has 1 aliphatic heterocycles. The number of benzene rings is 1. The van der Waals surface area contributed by atoms with Gasteiger partial charge in [-0.15, -0.1) is 0 Å². The molecule has 0 aliphatic carbocycles. The van der Waals surface area contributed by atoms with E-state index in [0.29, 0.717) is 0 Å². The second kappa shape index (κ2) is 4.07. The Hall–Kier alpha value is -1.28. The van der Waals surface area contributed by atoms with Crippen LogP contribution in [-0.2, 0) is 6.42 Å². The average molecular weight is 203 g/mol. The molecule has 0 saturated heterocycles. The van der Waals surface area contributed by atoms with Gasteiger partial charge in [-0.25, -0.2) is 0 Å². The van der Waals surface area contributed by atoms with E-state index in [9.17, 15) is 5.11 Å². The molecule has 80 valence electrons. The SMILES string of the molecule is CCc1ccc2c(c1)NC([C@@H](C)O)C=C2. The molecule has 0 aromatic heterocycles. The molecule has 2 nitrogen and oxygen atoms in total. The molecule has 2 heteroatoms. The zero-order valence-corrected chi connectivity index (χ0v) is 9.20. The molecule has 1 aliphatic rings. The number of nitrogens with one attached hydrogen (secondary N) is 1. The number of aliphatic hydroxyl groups excluding tert-OH is 1. The first-order valence-corrected chi connectivity index (χ1v) is 5.46. The third-order valence-electron chi connectivity index (χ3n) is 2.85. The number of rotatable bonds is 2. The Morgan fingerprint density at radius 2 is 2.27 bits per heavy atom. The fourth-order valence-electron chi connectivity index (χ4n) is 1.81. The molecule has 0 amide bonds. The highest BCUT2D eigenvalue weighted by Gasteiger charge is 2.16. The van der Waals surface area contributed by atoms with E-state index in [1.165, 1.54) is 11.1 Å². The van der Waals surface area contributed by atoms with E-state index >= 15 is 0 Å². The molecular formula is C13H17NO. The summed E-state index contributed by atoms with van der Waals surface area (Å²) in [7, 11) is 0. The Kier molecular flexibility index (Phi) is 2.78. The van der Waals surface area contributed by atoms with E-state index in [1.807, 2.05) is 6.08 Å². The molecule has 1 aromatic rings. The lowest BCUT2D eigenvalue weighted by atomic mass is 10.0. The number of anilines is 1. The van der Waals surface area contributed by atoms with Crippen molar-refractivity contribution in [2.45, 2.75) is 32.4 Å². The van der Waals surface area contributed by atoms with Gasteiger partial charge in [0.05, 0.1) is 12.1 Å². The largest absolute Gasteiger partial charge is 0.391 e. The molecule has 1 unspecified atom stereocenters. The van der Waals surface area contributed by atoms with Gasteiger partial charge in [-0.1, -0.05) is 31.2 Å². The minimum atomic E-state index is -0.361. The van der Waals surface area contributed by atoms with E-state index in [2.05, 4.69) is 36.5 Å². The first-order valence-electron chi connectivity index (χ1n) is 5.46. The molecule has 0 saturated carbocycles. The van der Waals surface area contributed by atoms with Gasteiger partial charge >= 0.3 is 0 Å². The van der Waals surface area contributed by atoms with Crippen LogP contribution >= 0.6 is 0 Å². The second-order valence-corrected chi connectivity index (χ2v) is 4.04. The highest BCUT2D eigenvalue weighted by Crippen LogP contribution is 2.25. The molecule has 2 N–H and O–H groups in total. The van der Waals surface area contributed by atoms with Crippen LogP contribution in [0.1, 0.15) is 25.0 Å². The summed E-state index contributed by atoms with van der Waals surface area (Å²) in [6, 6.07) is 6.46. The van der Waals surface area contributed by atoms with E-state index in [0.717, 1.165) is 12.1 Å². The van der Waals surface area contributed by atoms with Crippen LogP contribution in [-0.4, -0.2) is 17.3 Å².